The molecule has 0 aliphatic heterocycles. The fourth-order valence-corrected chi connectivity index (χ4v) is 2.33. The van der Waals surface area contributed by atoms with E-state index in [1.54, 1.807) is 11.3 Å². The number of thiazole rings is 1. The third-order valence-electron chi connectivity index (χ3n) is 2.62. The van der Waals surface area contributed by atoms with E-state index in [2.05, 4.69) is 55.3 Å². The van der Waals surface area contributed by atoms with Crippen LogP contribution in [0.2, 0.25) is 0 Å². The molecule has 0 unspecified atom stereocenters. The van der Waals surface area contributed by atoms with Gasteiger partial charge in [0, 0.05) is 31.1 Å². The molecule has 19 heavy (non-hydrogen) atoms. The van der Waals surface area contributed by atoms with Crippen LogP contribution in [0.3, 0.4) is 0 Å². The van der Waals surface area contributed by atoms with E-state index in [4.69, 9.17) is 4.74 Å². The fraction of sp³-hybridized carbons (Fsp3) is 0.786. The molecule has 1 aromatic heterocycles. The fourth-order valence-electron chi connectivity index (χ4n) is 1.59. The molecule has 0 radical (unpaired) electrons. The molecule has 0 saturated heterocycles. The highest BCUT2D eigenvalue weighted by Gasteiger charge is 2.06. The average molecular weight is 285 g/mol. The highest BCUT2D eigenvalue weighted by Crippen LogP contribution is 2.11. The van der Waals surface area contributed by atoms with E-state index in [1.165, 1.54) is 0 Å². The number of rotatable bonds is 9. The quantitative estimate of drug-likeness (QED) is 0.756. The van der Waals surface area contributed by atoms with E-state index in [-0.39, 0.29) is 0 Å². The molecule has 0 aliphatic rings. The summed E-state index contributed by atoms with van der Waals surface area (Å²) in [5, 5.41) is 6.70. The second-order valence-corrected chi connectivity index (χ2v) is 6.37. The lowest BCUT2D eigenvalue weighted by Crippen LogP contribution is -2.24. The lowest BCUT2D eigenvalue weighted by molar-refractivity contribution is 0.0625. The third kappa shape index (κ3) is 7.62. The summed E-state index contributed by atoms with van der Waals surface area (Å²) in [5.74, 6) is 0. The Morgan fingerprint density at radius 2 is 2.11 bits per heavy atom. The Hall–Kier alpha value is -0.490. The smallest absolute Gasteiger partial charge is 0.107 e. The molecule has 0 spiro atoms. The summed E-state index contributed by atoms with van der Waals surface area (Å²) < 4.78 is 5.55. The van der Waals surface area contributed by atoms with Crippen molar-refractivity contribution >= 4 is 11.3 Å². The first-order valence-corrected chi connectivity index (χ1v) is 7.82. The normalized spacial score (nSPS) is 12.0. The van der Waals surface area contributed by atoms with Crippen molar-refractivity contribution in [1.29, 1.82) is 0 Å². The molecule has 0 saturated carbocycles. The largest absolute Gasteiger partial charge is 0.377 e. The van der Waals surface area contributed by atoms with Crippen LogP contribution in [0.5, 0.6) is 0 Å². The maximum Gasteiger partial charge on any atom is 0.107 e. The zero-order valence-electron chi connectivity index (χ0n) is 12.8. The van der Waals surface area contributed by atoms with Gasteiger partial charge in [-0.05, 0) is 20.9 Å². The van der Waals surface area contributed by atoms with E-state index in [0.29, 0.717) is 12.1 Å². The zero-order valence-corrected chi connectivity index (χ0v) is 13.6. The molecule has 1 aromatic rings. The minimum atomic E-state index is 0.307. The monoisotopic (exact) mass is 285 g/mol. The number of ether oxygens (including phenoxy) is 1. The topological polar surface area (TPSA) is 37.4 Å². The van der Waals surface area contributed by atoms with Gasteiger partial charge in [0.1, 0.15) is 5.01 Å². The standard InChI is InChI=1S/C14H27N3OS/c1-11(2)15-8-14-16-13(10-19-14)9-17(5)6-7-18-12(3)4/h10-12,15H,6-9H2,1-5H3. The lowest BCUT2D eigenvalue weighted by atomic mass is 10.4. The van der Waals surface area contributed by atoms with E-state index in [9.17, 15) is 0 Å². The summed E-state index contributed by atoms with van der Waals surface area (Å²) in [6.07, 6.45) is 0.307. The SMILES string of the molecule is CC(C)NCc1nc(CN(C)CCOC(C)C)cs1. The summed E-state index contributed by atoms with van der Waals surface area (Å²) in [5.41, 5.74) is 1.15. The van der Waals surface area contributed by atoms with E-state index < -0.39 is 0 Å². The molecule has 0 bridgehead atoms. The Kier molecular flexibility index (Phi) is 7.53. The van der Waals surface area contributed by atoms with Crippen molar-refractivity contribution < 1.29 is 4.74 Å². The van der Waals surface area contributed by atoms with Crippen molar-refractivity contribution in [1.82, 2.24) is 15.2 Å². The van der Waals surface area contributed by atoms with Gasteiger partial charge in [-0.2, -0.15) is 0 Å². The zero-order chi connectivity index (χ0) is 14.3. The molecule has 1 N–H and O–H groups in total. The molecule has 0 fully saturated rings. The number of hydrogen-bond acceptors (Lipinski definition) is 5. The number of hydrogen-bond donors (Lipinski definition) is 1. The van der Waals surface area contributed by atoms with Gasteiger partial charge in [0.2, 0.25) is 0 Å². The molecular weight excluding hydrogens is 258 g/mol. The van der Waals surface area contributed by atoms with Crippen molar-refractivity contribution in [3.63, 3.8) is 0 Å². The predicted molar refractivity (Wildman–Crippen MR) is 81.5 cm³/mol. The molecule has 0 atom stereocenters. The van der Waals surface area contributed by atoms with Gasteiger partial charge in [0.15, 0.2) is 0 Å². The Morgan fingerprint density at radius 1 is 1.37 bits per heavy atom. The Labute approximate surface area is 121 Å². The summed E-state index contributed by atoms with van der Waals surface area (Å²) in [4.78, 5) is 6.89. The Bertz CT molecular complexity index is 352. The molecule has 110 valence electrons. The van der Waals surface area contributed by atoms with Crippen LogP contribution in [0.25, 0.3) is 0 Å². The van der Waals surface area contributed by atoms with Crippen LogP contribution in [0, 0.1) is 0 Å². The van der Waals surface area contributed by atoms with E-state index >= 15 is 0 Å². The van der Waals surface area contributed by atoms with Gasteiger partial charge in [0.05, 0.1) is 18.4 Å². The maximum atomic E-state index is 5.55. The Balaban J connectivity index is 2.28. The number of likely N-dealkylation sites (N-methyl/N-ethyl adjacent to an activating group) is 1. The second-order valence-electron chi connectivity index (χ2n) is 5.43. The number of nitrogens with one attached hydrogen (secondary N) is 1. The van der Waals surface area contributed by atoms with E-state index in [0.717, 1.165) is 36.9 Å². The average Bonchev–Trinajstić information content (AvgIpc) is 2.73. The molecule has 0 aliphatic carbocycles. The first kappa shape index (κ1) is 16.6. The lowest BCUT2D eigenvalue weighted by Gasteiger charge is -2.16. The van der Waals surface area contributed by atoms with E-state index in [1.807, 2.05) is 0 Å². The van der Waals surface area contributed by atoms with Crippen LogP contribution < -0.4 is 5.32 Å². The Morgan fingerprint density at radius 3 is 2.74 bits per heavy atom. The summed E-state index contributed by atoms with van der Waals surface area (Å²) >= 11 is 1.73. The van der Waals surface area contributed by atoms with Gasteiger partial charge in [0.25, 0.3) is 0 Å². The van der Waals surface area contributed by atoms with Crippen molar-refractivity contribution in [2.75, 3.05) is 20.2 Å². The molecule has 0 amide bonds. The van der Waals surface area contributed by atoms with Gasteiger partial charge < -0.3 is 10.1 Å². The second kappa shape index (κ2) is 8.64. The number of aromatic nitrogens is 1. The van der Waals surface area contributed by atoms with Gasteiger partial charge in [-0.25, -0.2) is 4.98 Å². The van der Waals surface area contributed by atoms with Crippen LogP contribution >= 0.6 is 11.3 Å². The van der Waals surface area contributed by atoms with Gasteiger partial charge in [-0.1, -0.05) is 13.8 Å². The highest BCUT2D eigenvalue weighted by molar-refractivity contribution is 7.09. The van der Waals surface area contributed by atoms with Crippen LogP contribution in [0.4, 0.5) is 0 Å². The minimum absolute atomic E-state index is 0.307. The molecule has 0 aromatic carbocycles. The highest BCUT2D eigenvalue weighted by atomic mass is 32.1. The van der Waals surface area contributed by atoms with Crippen LogP contribution in [0.15, 0.2) is 5.38 Å². The maximum absolute atomic E-state index is 5.55. The molecular formula is C14H27N3OS. The van der Waals surface area contributed by atoms with Crippen LogP contribution in [-0.4, -0.2) is 42.2 Å². The first-order valence-electron chi connectivity index (χ1n) is 6.94. The molecule has 1 heterocycles. The van der Waals surface area contributed by atoms with Crippen molar-refractivity contribution in [2.45, 2.75) is 52.9 Å². The van der Waals surface area contributed by atoms with Crippen molar-refractivity contribution in [3.05, 3.63) is 16.1 Å². The van der Waals surface area contributed by atoms with Gasteiger partial charge >= 0.3 is 0 Å². The molecule has 4 nitrogen and oxygen atoms in total. The summed E-state index contributed by atoms with van der Waals surface area (Å²) in [6.45, 7) is 11.9. The van der Waals surface area contributed by atoms with Crippen LogP contribution in [0.1, 0.15) is 38.4 Å². The van der Waals surface area contributed by atoms with Gasteiger partial charge in [-0.3, -0.25) is 4.90 Å². The minimum Gasteiger partial charge on any atom is -0.377 e. The van der Waals surface area contributed by atoms with Gasteiger partial charge in [-0.15, -0.1) is 11.3 Å². The van der Waals surface area contributed by atoms with Crippen LogP contribution in [-0.2, 0) is 17.8 Å². The van der Waals surface area contributed by atoms with Crippen molar-refractivity contribution in [3.8, 4) is 0 Å². The third-order valence-corrected chi connectivity index (χ3v) is 3.51. The molecule has 5 heteroatoms. The summed E-state index contributed by atoms with van der Waals surface area (Å²) in [6, 6.07) is 0.503. The van der Waals surface area contributed by atoms with Crippen molar-refractivity contribution in [2.24, 2.45) is 0 Å². The number of nitrogens with zero attached hydrogens (tertiary/aromatic N) is 2. The summed E-state index contributed by atoms with van der Waals surface area (Å²) in [7, 11) is 2.11. The predicted octanol–water partition coefficient (Wildman–Crippen LogP) is 2.50. The first-order chi connectivity index (χ1) is 8.97. The molecule has 1 rings (SSSR count).